The normalized spacial score (nSPS) is 11.9. The van der Waals surface area contributed by atoms with Crippen LogP contribution in [0.3, 0.4) is 0 Å². The summed E-state index contributed by atoms with van der Waals surface area (Å²) in [6, 6.07) is 19.1. The molecule has 4 nitrogen and oxygen atoms in total. The molecule has 0 aromatic heterocycles. The number of amides is 2. The zero-order valence-electron chi connectivity index (χ0n) is 14.4. The van der Waals surface area contributed by atoms with Crippen LogP contribution in [-0.2, 0) is 16.0 Å². The van der Waals surface area contributed by atoms with Gasteiger partial charge in [0.1, 0.15) is 6.04 Å². The summed E-state index contributed by atoms with van der Waals surface area (Å²) in [5, 5.41) is 5.52. The van der Waals surface area contributed by atoms with Crippen molar-refractivity contribution in [3.8, 4) is 0 Å². The Morgan fingerprint density at radius 3 is 2.32 bits per heavy atom. The molecule has 0 saturated carbocycles. The van der Waals surface area contributed by atoms with Crippen molar-refractivity contribution in [2.24, 2.45) is 0 Å². The molecule has 2 amide bonds. The van der Waals surface area contributed by atoms with E-state index in [0.717, 1.165) is 18.4 Å². The van der Waals surface area contributed by atoms with Gasteiger partial charge in [0, 0.05) is 12.6 Å². The highest BCUT2D eigenvalue weighted by Crippen LogP contribution is 2.02. The van der Waals surface area contributed by atoms with Crippen LogP contribution in [-0.4, -0.2) is 24.4 Å². The van der Waals surface area contributed by atoms with Gasteiger partial charge < -0.3 is 10.6 Å². The Hall–Kier alpha value is -2.88. The van der Waals surface area contributed by atoms with Crippen LogP contribution in [0.4, 0.5) is 0 Å². The molecule has 0 aliphatic rings. The van der Waals surface area contributed by atoms with Crippen molar-refractivity contribution in [3.05, 3.63) is 77.9 Å². The average molecular weight is 336 g/mol. The van der Waals surface area contributed by atoms with E-state index in [1.807, 2.05) is 48.5 Å². The molecule has 0 spiro atoms. The molecule has 1 unspecified atom stereocenters. The molecule has 2 aromatic rings. The summed E-state index contributed by atoms with van der Waals surface area (Å²) in [5.41, 5.74) is 2.19. The number of carbonyl (C=O) groups is 2. The number of carbonyl (C=O) groups excluding carboxylic acids is 2. The second-order valence-electron chi connectivity index (χ2n) is 5.85. The highest BCUT2D eigenvalue weighted by Gasteiger charge is 2.13. The minimum Gasteiger partial charge on any atom is -0.354 e. The second kappa shape index (κ2) is 10.1. The van der Waals surface area contributed by atoms with Crippen LogP contribution < -0.4 is 10.6 Å². The first kappa shape index (κ1) is 18.5. The largest absolute Gasteiger partial charge is 0.354 e. The van der Waals surface area contributed by atoms with Gasteiger partial charge in [0.25, 0.3) is 0 Å². The molecule has 0 fully saturated rings. The fourth-order valence-corrected chi connectivity index (χ4v) is 2.36. The zero-order valence-corrected chi connectivity index (χ0v) is 14.4. The third-order valence-corrected chi connectivity index (χ3v) is 3.76. The van der Waals surface area contributed by atoms with Crippen LogP contribution in [0.25, 0.3) is 6.08 Å². The van der Waals surface area contributed by atoms with E-state index in [-0.39, 0.29) is 11.8 Å². The Bertz CT molecular complexity index is 696. The second-order valence-corrected chi connectivity index (χ2v) is 5.85. The molecule has 0 heterocycles. The zero-order chi connectivity index (χ0) is 17.9. The van der Waals surface area contributed by atoms with E-state index in [4.69, 9.17) is 0 Å². The molecule has 0 aliphatic heterocycles. The summed E-state index contributed by atoms with van der Waals surface area (Å²) in [7, 11) is 0. The minimum atomic E-state index is -0.565. The fourth-order valence-electron chi connectivity index (χ4n) is 2.36. The van der Waals surface area contributed by atoms with Gasteiger partial charge in [-0.25, -0.2) is 0 Å². The lowest BCUT2D eigenvalue weighted by atomic mass is 10.1. The van der Waals surface area contributed by atoms with Crippen molar-refractivity contribution in [1.29, 1.82) is 0 Å². The molecule has 1 atom stereocenters. The van der Waals surface area contributed by atoms with E-state index in [1.165, 1.54) is 11.6 Å². The van der Waals surface area contributed by atoms with Gasteiger partial charge in [0.15, 0.2) is 0 Å². The van der Waals surface area contributed by atoms with E-state index in [2.05, 4.69) is 22.8 Å². The molecule has 4 heteroatoms. The van der Waals surface area contributed by atoms with Crippen molar-refractivity contribution >= 4 is 17.9 Å². The highest BCUT2D eigenvalue weighted by molar-refractivity contribution is 5.95. The molecular weight excluding hydrogens is 312 g/mol. The summed E-state index contributed by atoms with van der Waals surface area (Å²) in [6.45, 7) is 2.27. The topological polar surface area (TPSA) is 58.2 Å². The van der Waals surface area contributed by atoms with Gasteiger partial charge >= 0.3 is 0 Å². The van der Waals surface area contributed by atoms with Gasteiger partial charge in [-0.1, -0.05) is 60.7 Å². The molecule has 0 radical (unpaired) electrons. The molecule has 25 heavy (non-hydrogen) atoms. The van der Waals surface area contributed by atoms with Crippen LogP contribution in [0.1, 0.15) is 24.5 Å². The number of hydrogen-bond donors (Lipinski definition) is 2. The third kappa shape index (κ3) is 7.04. The summed E-state index contributed by atoms with van der Waals surface area (Å²) >= 11 is 0. The SMILES string of the molecule is CC(NC(=O)/C=C/c1ccccc1)C(=O)NCCCc1ccccc1. The Kier molecular flexibility index (Phi) is 7.44. The lowest BCUT2D eigenvalue weighted by Gasteiger charge is -2.13. The molecule has 2 rings (SSSR count). The van der Waals surface area contributed by atoms with E-state index in [9.17, 15) is 9.59 Å². The van der Waals surface area contributed by atoms with E-state index in [1.54, 1.807) is 13.0 Å². The van der Waals surface area contributed by atoms with Crippen LogP contribution in [0.5, 0.6) is 0 Å². The maximum absolute atomic E-state index is 12.0. The Labute approximate surface area is 149 Å². The van der Waals surface area contributed by atoms with Crippen molar-refractivity contribution in [2.45, 2.75) is 25.8 Å². The van der Waals surface area contributed by atoms with Crippen LogP contribution >= 0.6 is 0 Å². The molecule has 0 saturated heterocycles. The van der Waals surface area contributed by atoms with Crippen LogP contribution in [0.2, 0.25) is 0 Å². The molecule has 2 N–H and O–H groups in total. The number of aryl methyl sites for hydroxylation is 1. The summed E-state index contributed by atoms with van der Waals surface area (Å²) in [5.74, 6) is -0.453. The van der Waals surface area contributed by atoms with Gasteiger partial charge in [0.2, 0.25) is 11.8 Å². The van der Waals surface area contributed by atoms with Gasteiger partial charge in [-0.3, -0.25) is 9.59 Å². The lowest BCUT2D eigenvalue weighted by Crippen LogP contribution is -2.44. The molecular formula is C21H24N2O2. The monoisotopic (exact) mass is 336 g/mol. The highest BCUT2D eigenvalue weighted by atomic mass is 16.2. The number of nitrogens with one attached hydrogen (secondary N) is 2. The average Bonchev–Trinajstić information content (AvgIpc) is 2.65. The first-order chi connectivity index (χ1) is 12.1. The minimum absolute atomic E-state index is 0.172. The van der Waals surface area contributed by atoms with Crippen molar-refractivity contribution in [1.82, 2.24) is 10.6 Å². The Morgan fingerprint density at radius 2 is 1.64 bits per heavy atom. The molecule has 0 bridgehead atoms. The summed E-state index contributed by atoms with van der Waals surface area (Å²) < 4.78 is 0. The van der Waals surface area contributed by atoms with Crippen LogP contribution in [0.15, 0.2) is 66.7 Å². The fraction of sp³-hybridized carbons (Fsp3) is 0.238. The number of hydrogen-bond acceptors (Lipinski definition) is 2. The van der Waals surface area contributed by atoms with E-state index >= 15 is 0 Å². The summed E-state index contributed by atoms with van der Waals surface area (Å²) in [6.07, 6.45) is 4.94. The predicted octanol–water partition coefficient (Wildman–Crippen LogP) is 2.95. The predicted molar refractivity (Wildman–Crippen MR) is 101 cm³/mol. The Morgan fingerprint density at radius 1 is 1.00 bits per heavy atom. The smallest absolute Gasteiger partial charge is 0.244 e. The van der Waals surface area contributed by atoms with Gasteiger partial charge in [-0.2, -0.15) is 0 Å². The quantitative estimate of drug-likeness (QED) is 0.575. The van der Waals surface area contributed by atoms with Gasteiger partial charge in [-0.05, 0) is 37.0 Å². The van der Waals surface area contributed by atoms with Crippen LogP contribution in [0, 0.1) is 0 Å². The van der Waals surface area contributed by atoms with E-state index < -0.39 is 6.04 Å². The van der Waals surface area contributed by atoms with Crippen molar-refractivity contribution in [2.75, 3.05) is 6.54 Å². The first-order valence-electron chi connectivity index (χ1n) is 8.50. The lowest BCUT2D eigenvalue weighted by molar-refractivity contribution is -0.126. The number of rotatable bonds is 8. The van der Waals surface area contributed by atoms with Crippen molar-refractivity contribution < 1.29 is 9.59 Å². The maximum atomic E-state index is 12.0. The third-order valence-electron chi connectivity index (χ3n) is 3.76. The van der Waals surface area contributed by atoms with Gasteiger partial charge in [-0.15, -0.1) is 0 Å². The standard InChI is InChI=1S/C21H24N2O2/c1-17(23-20(24)15-14-19-11-6-3-7-12-19)21(25)22-16-8-13-18-9-4-2-5-10-18/h2-7,9-12,14-15,17H,8,13,16H2,1H3,(H,22,25)(H,23,24)/b15-14+. The maximum Gasteiger partial charge on any atom is 0.244 e. The summed E-state index contributed by atoms with van der Waals surface area (Å²) in [4.78, 5) is 23.9. The number of benzene rings is 2. The van der Waals surface area contributed by atoms with Gasteiger partial charge in [0.05, 0.1) is 0 Å². The molecule has 0 aliphatic carbocycles. The first-order valence-corrected chi connectivity index (χ1v) is 8.50. The molecule has 2 aromatic carbocycles. The van der Waals surface area contributed by atoms with Crippen molar-refractivity contribution in [3.63, 3.8) is 0 Å². The molecule has 130 valence electrons. The Balaban J connectivity index is 1.67. The van der Waals surface area contributed by atoms with E-state index in [0.29, 0.717) is 6.54 Å².